The standard InChI is InChI=1S/C88H133N25O25.C2HF3O2/c1-44(2)32-57(105-73(121)53(24-16-18-30-89)102-74(122)54(26-28-64(91)115)103-78(126)60(35-51-38-94-42-97-51)107-79(127)61(36-52-39-95-43-98-52)109-83(131)68(93)45(3)4)81(129)111-70(47(7)8)85(133)110-59(34-50-22-14-11-15-23-50)77(125)106-58(33-49-20-12-10-13-21-49)76(124)99-48(9)72(120)101-55(27-29-67(118)119)75(123)113-71(88(137)138)86(134)112-69(46(5)6)84(132)96-40-66(117)100-63(41-114)82(130)108-62(37-65(92)116)80(128)104-56(87(135)136)25-17-19-31-90;3-2(4,5)1(6)7/h10-15,20-23,38-39,42-48,53-63,68-71,114H,16-19,24-37,40-41,89-90,93H2,1-9H3,(H2,91,115)(H2,92,116)(H,94,97)(H,95,98)(H,96,132)(H,99,124)(H,100,117)(H,101,120)(H,102,122)(H,103,126)(H,104,128)(H,105,121)(H,106,125)(H,107,127)(H,108,130)(H,109,131)(H,110,133)(H,111,129)(H,112,134)(H,113,123)(H,118,119)(H,135,136)(H,137,138);(H,6,7)/t48-,53-,54-,55-,56-,57-,58-,59-,60-,61-,62-,63-,68-,69-,70-,71+;/m0./s1. The number of imidazole rings is 2. The summed E-state index contributed by atoms with van der Waals surface area (Å²) in [5.74, 6) is -29.6. The van der Waals surface area contributed by atoms with Crippen molar-refractivity contribution in [2.75, 3.05) is 26.2 Å². The van der Waals surface area contributed by atoms with E-state index in [0.717, 1.165) is 6.92 Å². The number of aromatic amines is 2. The lowest BCUT2D eigenvalue weighted by atomic mass is 9.98. The number of carboxylic acids is 4. The number of carbonyl (C=O) groups is 22. The molecular weight excluding hydrogens is 1920 g/mol. The van der Waals surface area contributed by atoms with Crippen LogP contribution in [0.25, 0.3) is 0 Å². The number of H-pyrrole nitrogens is 2. The molecule has 18 amide bonds. The van der Waals surface area contributed by atoms with Crippen molar-refractivity contribution in [1.29, 1.82) is 0 Å². The number of aliphatic carboxylic acids is 4. The second-order valence-corrected chi connectivity index (χ2v) is 35.2. The van der Waals surface area contributed by atoms with Gasteiger partial charge in [-0.2, -0.15) is 13.2 Å². The van der Waals surface area contributed by atoms with E-state index in [-0.39, 0.29) is 88.4 Å². The summed E-state index contributed by atoms with van der Waals surface area (Å²) in [7, 11) is 0. The van der Waals surface area contributed by atoms with E-state index in [0.29, 0.717) is 29.7 Å². The van der Waals surface area contributed by atoms with Crippen molar-refractivity contribution in [3.05, 3.63) is 108 Å². The first-order chi connectivity index (χ1) is 68.1. The van der Waals surface area contributed by atoms with Crippen LogP contribution in [0.3, 0.4) is 0 Å². The molecule has 0 aliphatic heterocycles. The van der Waals surface area contributed by atoms with Crippen molar-refractivity contribution in [1.82, 2.24) is 105 Å². The highest BCUT2D eigenvalue weighted by Gasteiger charge is 2.42. The zero-order chi connectivity index (χ0) is 109. The molecule has 0 spiro atoms. The lowest BCUT2D eigenvalue weighted by Gasteiger charge is -2.30. The second kappa shape index (κ2) is 63.0. The first kappa shape index (κ1) is 124. The fraction of sp³-hybridized carbons (Fsp3) is 0.556. The number of rotatable bonds is 64. The number of nitrogens with zero attached hydrogens (tertiary/aromatic N) is 2. The molecule has 0 aliphatic carbocycles. The van der Waals surface area contributed by atoms with Crippen LogP contribution in [0.15, 0.2) is 85.7 Å². The summed E-state index contributed by atoms with van der Waals surface area (Å²) in [6, 6.07) is -10.1. The smallest absolute Gasteiger partial charge is 0.481 e. The maximum absolute atomic E-state index is 15.0. The Morgan fingerprint density at radius 3 is 1.17 bits per heavy atom. The molecule has 0 radical (unpaired) electrons. The topological polar surface area (TPSA) is 857 Å². The van der Waals surface area contributed by atoms with Crippen molar-refractivity contribution in [2.45, 2.75) is 268 Å². The van der Waals surface area contributed by atoms with Gasteiger partial charge in [-0.1, -0.05) is 116 Å². The minimum atomic E-state index is -5.08. The summed E-state index contributed by atoms with van der Waals surface area (Å²) in [5, 5.41) is 85.3. The zero-order valence-electron chi connectivity index (χ0n) is 81.4. The summed E-state index contributed by atoms with van der Waals surface area (Å²) < 4.78 is 31.7. The van der Waals surface area contributed by atoms with Crippen LogP contribution in [0.5, 0.6) is 0 Å². The molecule has 2 aromatic carbocycles. The van der Waals surface area contributed by atoms with Crippen molar-refractivity contribution in [2.24, 2.45) is 52.3 Å². The van der Waals surface area contributed by atoms with Crippen molar-refractivity contribution < 1.29 is 144 Å². The molecule has 4 aromatic rings. The Morgan fingerprint density at radius 2 is 0.752 bits per heavy atom. The van der Waals surface area contributed by atoms with Gasteiger partial charge < -0.3 is 149 Å². The quantitative estimate of drug-likeness (QED) is 0.0144. The average molecular weight is 2060 g/mol. The molecule has 52 nitrogen and oxygen atoms in total. The van der Waals surface area contributed by atoms with E-state index in [9.17, 15) is 129 Å². The fourth-order valence-electron chi connectivity index (χ4n) is 13.7. The number of carbonyl (C=O) groups excluding carboxylic acids is 18. The Bertz CT molecular complexity index is 5000. The molecule has 802 valence electrons. The number of alkyl halides is 3. The van der Waals surface area contributed by atoms with Crippen molar-refractivity contribution >= 4 is 130 Å². The first-order valence-electron chi connectivity index (χ1n) is 46.3. The van der Waals surface area contributed by atoms with Gasteiger partial charge in [-0.3, -0.25) is 91.1 Å². The third-order valence-electron chi connectivity index (χ3n) is 21.7. The minimum Gasteiger partial charge on any atom is -0.481 e. The summed E-state index contributed by atoms with van der Waals surface area (Å²) in [4.78, 5) is 310. The van der Waals surface area contributed by atoms with Gasteiger partial charge in [0.15, 0.2) is 0 Å². The van der Waals surface area contributed by atoms with Crippen LogP contribution >= 0.6 is 0 Å². The average Bonchev–Trinajstić information content (AvgIpc) is 1.83. The van der Waals surface area contributed by atoms with E-state index in [1.54, 1.807) is 102 Å². The zero-order valence-corrected chi connectivity index (χ0v) is 81.4. The van der Waals surface area contributed by atoms with E-state index in [2.05, 4.69) is 99.7 Å². The molecule has 0 aliphatic rings. The van der Waals surface area contributed by atoms with Crippen molar-refractivity contribution in [3.8, 4) is 0 Å². The summed E-state index contributed by atoms with van der Waals surface area (Å²) in [6.45, 7) is 12.1. The molecule has 33 N–H and O–H groups in total. The van der Waals surface area contributed by atoms with Gasteiger partial charge in [0, 0.05) is 50.9 Å². The number of primary amides is 2. The molecule has 0 saturated carbocycles. The third-order valence-corrected chi connectivity index (χ3v) is 21.7. The van der Waals surface area contributed by atoms with Gasteiger partial charge in [0.2, 0.25) is 106 Å². The molecular formula is C90H134F3N25O27. The lowest BCUT2D eigenvalue weighted by Crippen LogP contribution is -2.62. The Hall–Kier alpha value is -15.2. The minimum absolute atomic E-state index is 0.0778. The highest BCUT2D eigenvalue weighted by atomic mass is 19.4. The predicted octanol–water partition coefficient (Wildman–Crippen LogP) is -6.79. The third kappa shape index (κ3) is 46.2. The maximum atomic E-state index is 15.0. The number of benzene rings is 2. The molecule has 2 aromatic heterocycles. The first-order valence-corrected chi connectivity index (χ1v) is 46.3. The fourth-order valence-corrected chi connectivity index (χ4v) is 13.7. The van der Waals surface area contributed by atoms with E-state index in [4.69, 9.17) is 38.6 Å². The number of nitrogens with two attached hydrogens (primary N) is 5. The number of hydrogen-bond acceptors (Lipinski definition) is 28. The van der Waals surface area contributed by atoms with Gasteiger partial charge in [-0.15, -0.1) is 0 Å². The summed E-state index contributed by atoms with van der Waals surface area (Å²) >= 11 is 0. The number of hydrogen-bond donors (Lipinski definition) is 28. The van der Waals surface area contributed by atoms with Gasteiger partial charge >= 0.3 is 30.1 Å². The van der Waals surface area contributed by atoms with Crippen LogP contribution in [0.4, 0.5) is 13.2 Å². The van der Waals surface area contributed by atoms with Gasteiger partial charge in [-0.25, -0.2) is 24.4 Å². The number of amides is 18. The Kier molecular flexibility index (Phi) is 53.9. The Morgan fingerprint density at radius 1 is 0.379 bits per heavy atom. The van der Waals surface area contributed by atoms with Crippen LogP contribution in [0.2, 0.25) is 0 Å². The predicted molar refractivity (Wildman–Crippen MR) is 505 cm³/mol. The molecule has 0 fully saturated rings. The van der Waals surface area contributed by atoms with E-state index in [1.165, 1.54) is 38.9 Å². The SMILES string of the molecule is CC(C)C[C@H](NC(=O)[C@H](CCCCN)NC(=O)[C@H](CCC(N)=O)NC(=O)[C@H](Cc1c[nH]cn1)NC(=O)[C@H](Cc1c[nH]cn1)NC(=O)[C@@H](N)C(C)C)C(=O)N[C@H](C(=O)N[C@@H](Cc1ccccc1)C(=O)N[C@@H](Cc1ccccc1)C(=O)N[C@@H](C)C(=O)N[C@@H](CCC(=O)O)C(=O)N[C@@H](C(=O)O)C(=O)N[C@H](C(=O)NCC(=O)N[C@@H](CO)C(=O)N[C@@H](CC(N)=O)C(=O)N[C@@H](CCCCN)C(=O)O)C(C)C)C(C)C.O=C(O)C(F)(F)F. The highest BCUT2D eigenvalue weighted by Crippen LogP contribution is 2.18. The van der Waals surface area contributed by atoms with Crippen LogP contribution in [0.1, 0.15) is 162 Å². The summed E-state index contributed by atoms with van der Waals surface area (Å²) in [6.07, 6.45) is -2.98. The van der Waals surface area contributed by atoms with Crippen LogP contribution < -0.4 is 114 Å². The number of unbranched alkanes of at least 4 members (excludes halogenated alkanes) is 2. The van der Waals surface area contributed by atoms with Crippen LogP contribution in [0, 0.1) is 23.7 Å². The van der Waals surface area contributed by atoms with Gasteiger partial charge in [0.25, 0.3) is 5.91 Å². The molecule has 2 heterocycles. The molecule has 0 bridgehead atoms. The Labute approximate surface area is 830 Å². The van der Waals surface area contributed by atoms with Gasteiger partial charge in [0.05, 0.1) is 49.7 Å². The number of aliphatic hydroxyl groups is 1. The molecule has 0 saturated heterocycles. The molecule has 145 heavy (non-hydrogen) atoms. The van der Waals surface area contributed by atoms with E-state index < -0.39 is 290 Å². The van der Waals surface area contributed by atoms with E-state index in [1.807, 2.05) is 5.32 Å². The highest BCUT2D eigenvalue weighted by molar-refractivity contribution is 6.07. The normalized spacial score (nSPS) is 14.5. The number of aliphatic hydroxyl groups excluding tert-OH is 1. The van der Waals surface area contributed by atoms with Crippen LogP contribution in [-0.2, 0) is 131 Å². The second-order valence-electron chi connectivity index (χ2n) is 35.2. The number of nitrogens with one attached hydrogen (secondary N) is 18. The molecule has 55 heteroatoms. The van der Waals surface area contributed by atoms with Gasteiger partial charge in [-0.05, 0) is 113 Å². The van der Waals surface area contributed by atoms with E-state index >= 15 is 4.79 Å². The van der Waals surface area contributed by atoms with Crippen LogP contribution in [-0.4, -0.2) is 305 Å². The number of aromatic nitrogens is 4. The number of halogens is 3. The summed E-state index contributed by atoms with van der Waals surface area (Å²) in [5.41, 5.74) is 29.9. The largest absolute Gasteiger partial charge is 0.490 e. The monoisotopic (exact) mass is 2050 g/mol. The lowest BCUT2D eigenvalue weighted by molar-refractivity contribution is -0.192. The van der Waals surface area contributed by atoms with Gasteiger partial charge in [0.1, 0.15) is 84.6 Å². The number of carboxylic acid groups (broad SMARTS) is 4. The van der Waals surface area contributed by atoms with Crippen molar-refractivity contribution in [3.63, 3.8) is 0 Å². The molecule has 16 atom stereocenters. The Balaban J connectivity index is 0.00000742. The molecule has 4 rings (SSSR count). The molecule has 0 unspecified atom stereocenters. The maximum Gasteiger partial charge on any atom is 0.490 e.